The van der Waals surface area contributed by atoms with Crippen LogP contribution in [-0.2, 0) is 6.61 Å². The smallest absolute Gasteiger partial charge is 0.180 e. The molecule has 0 amide bonds. The first-order valence-corrected chi connectivity index (χ1v) is 6.47. The van der Waals surface area contributed by atoms with Gasteiger partial charge >= 0.3 is 0 Å². The number of nitrogen functional groups attached to an aromatic ring is 1. The topological polar surface area (TPSA) is 57.4 Å². The summed E-state index contributed by atoms with van der Waals surface area (Å²) in [6, 6.07) is 5.64. The fourth-order valence-corrected chi connectivity index (χ4v) is 2.38. The van der Waals surface area contributed by atoms with Crippen LogP contribution in [0.2, 0.25) is 0 Å². The number of thiazole rings is 1. The minimum atomic E-state index is 0.424. The molecule has 0 bridgehead atoms. The summed E-state index contributed by atoms with van der Waals surface area (Å²) in [6.45, 7) is 0.424. The summed E-state index contributed by atoms with van der Waals surface area (Å²) in [5, 5.41) is 0.544. The Bertz CT molecular complexity index is 516. The molecule has 0 radical (unpaired) electrons. The van der Waals surface area contributed by atoms with Crippen LogP contribution in [0.1, 0.15) is 4.88 Å². The van der Waals surface area contributed by atoms with E-state index >= 15 is 0 Å². The van der Waals surface area contributed by atoms with Crippen LogP contribution in [0.4, 0.5) is 5.13 Å². The fraction of sp³-hybridized carbons (Fsp3) is 0.182. The van der Waals surface area contributed by atoms with E-state index in [1.54, 1.807) is 13.3 Å². The molecule has 1 aromatic carbocycles. The van der Waals surface area contributed by atoms with E-state index in [9.17, 15) is 0 Å². The Labute approximate surface area is 112 Å². The molecule has 0 atom stereocenters. The maximum absolute atomic E-state index is 5.70. The molecule has 0 unspecified atom stereocenters. The summed E-state index contributed by atoms with van der Waals surface area (Å²) in [5.41, 5.74) is 5.55. The number of nitrogens with two attached hydrogens (primary N) is 1. The van der Waals surface area contributed by atoms with Crippen molar-refractivity contribution in [1.29, 1.82) is 0 Å². The molecule has 0 aliphatic rings. The molecule has 4 nitrogen and oxygen atoms in total. The van der Waals surface area contributed by atoms with Gasteiger partial charge in [-0.3, -0.25) is 0 Å². The number of methoxy groups -OCH3 is 1. The van der Waals surface area contributed by atoms with Crippen LogP contribution in [0.3, 0.4) is 0 Å². The molecule has 2 N–H and O–H groups in total. The van der Waals surface area contributed by atoms with Crippen molar-refractivity contribution in [3.05, 3.63) is 33.7 Å². The third-order valence-electron chi connectivity index (χ3n) is 2.08. The van der Waals surface area contributed by atoms with Crippen molar-refractivity contribution in [2.75, 3.05) is 12.8 Å². The molecule has 0 aliphatic carbocycles. The normalized spacial score (nSPS) is 10.2. The lowest BCUT2D eigenvalue weighted by atomic mass is 10.3. The molecule has 2 aromatic rings. The van der Waals surface area contributed by atoms with Gasteiger partial charge in [-0.05, 0) is 28.1 Å². The Hall–Kier alpha value is -1.27. The third-order valence-corrected chi connectivity index (χ3v) is 3.51. The molecular weight excluding hydrogens is 304 g/mol. The van der Waals surface area contributed by atoms with E-state index < -0.39 is 0 Å². The Balaban J connectivity index is 2.13. The van der Waals surface area contributed by atoms with Crippen LogP contribution in [0.15, 0.2) is 28.9 Å². The molecule has 0 aliphatic heterocycles. The van der Waals surface area contributed by atoms with Crippen LogP contribution in [-0.4, -0.2) is 12.1 Å². The van der Waals surface area contributed by atoms with Crippen LogP contribution in [0.5, 0.6) is 11.5 Å². The predicted octanol–water partition coefficient (Wildman–Crippen LogP) is 3.08. The molecule has 0 fully saturated rings. The number of aromatic nitrogens is 1. The van der Waals surface area contributed by atoms with Gasteiger partial charge in [0.1, 0.15) is 6.61 Å². The quantitative estimate of drug-likeness (QED) is 0.942. The SMILES string of the molecule is COc1cccc(Br)c1OCc1cnc(N)s1. The summed E-state index contributed by atoms with van der Waals surface area (Å²) >= 11 is 4.84. The summed E-state index contributed by atoms with van der Waals surface area (Å²) < 4.78 is 11.8. The van der Waals surface area contributed by atoms with Gasteiger partial charge in [0.25, 0.3) is 0 Å². The Morgan fingerprint density at radius 2 is 2.29 bits per heavy atom. The van der Waals surface area contributed by atoms with Crippen LogP contribution >= 0.6 is 27.3 Å². The van der Waals surface area contributed by atoms with Gasteiger partial charge in [-0.25, -0.2) is 4.98 Å². The van der Waals surface area contributed by atoms with Gasteiger partial charge in [0, 0.05) is 6.20 Å². The Morgan fingerprint density at radius 1 is 1.47 bits per heavy atom. The molecule has 2 rings (SSSR count). The lowest BCUT2D eigenvalue weighted by Gasteiger charge is -2.11. The standard InChI is InChI=1S/C11H11BrN2O2S/c1-15-9-4-2-3-8(12)10(9)16-6-7-5-14-11(13)17-7/h2-5H,6H2,1H3,(H2,13,14). The summed E-state index contributed by atoms with van der Waals surface area (Å²) in [6.07, 6.45) is 1.71. The lowest BCUT2D eigenvalue weighted by molar-refractivity contribution is 0.285. The number of rotatable bonds is 4. The third kappa shape index (κ3) is 2.89. The van der Waals surface area contributed by atoms with Gasteiger partial charge in [-0.1, -0.05) is 17.4 Å². The Kier molecular flexibility index (Phi) is 3.86. The van der Waals surface area contributed by atoms with Gasteiger partial charge < -0.3 is 15.2 Å². The minimum Gasteiger partial charge on any atom is -0.493 e. The number of nitrogens with zero attached hydrogens (tertiary/aromatic N) is 1. The highest BCUT2D eigenvalue weighted by atomic mass is 79.9. The lowest BCUT2D eigenvalue weighted by Crippen LogP contribution is -1.96. The van der Waals surface area contributed by atoms with Gasteiger partial charge in [0.15, 0.2) is 16.6 Å². The number of ether oxygens (including phenoxy) is 2. The largest absolute Gasteiger partial charge is 0.493 e. The van der Waals surface area contributed by atoms with Crippen molar-refractivity contribution in [2.45, 2.75) is 6.61 Å². The molecule has 0 saturated heterocycles. The number of para-hydroxylation sites is 1. The predicted molar refractivity (Wildman–Crippen MR) is 71.6 cm³/mol. The van der Waals surface area contributed by atoms with Crippen LogP contribution in [0, 0.1) is 0 Å². The zero-order chi connectivity index (χ0) is 12.3. The number of hydrogen-bond donors (Lipinski definition) is 1. The number of halogens is 1. The second-order valence-corrected chi connectivity index (χ2v) is 5.23. The van der Waals surface area contributed by atoms with E-state index in [2.05, 4.69) is 20.9 Å². The van der Waals surface area contributed by atoms with E-state index in [1.807, 2.05) is 18.2 Å². The highest BCUT2D eigenvalue weighted by Crippen LogP contribution is 2.35. The molecule has 17 heavy (non-hydrogen) atoms. The number of anilines is 1. The average molecular weight is 315 g/mol. The maximum Gasteiger partial charge on any atom is 0.180 e. The first kappa shape index (κ1) is 12.2. The van der Waals surface area contributed by atoms with E-state index in [1.165, 1.54) is 11.3 Å². The van der Waals surface area contributed by atoms with Gasteiger partial charge in [-0.2, -0.15) is 0 Å². The monoisotopic (exact) mass is 314 g/mol. The van der Waals surface area contributed by atoms with E-state index in [4.69, 9.17) is 15.2 Å². The number of hydrogen-bond acceptors (Lipinski definition) is 5. The minimum absolute atomic E-state index is 0.424. The maximum atomic E-state index is 5.70. The van der Waals surface area contributed by atoms with Crippen molar-refractivity contribution in [1.82, 2.24) is 4.98 Å². The van der Waals surface area contributed by atoms with Crippen molar-refractivity contribution in [3.63, 3.8) is 0 Å². The second kappa shape index (κ2) is 5.37. The van der Waals surface area contributed by atoms with Crippen molar-refractivity contribution in [3.8, 4) is 11.5 Å². The molecule has 90 valence electrons. The molecule has 6 heteroatoms. The van der Waals surface area contributed by atoms with Crippen LogP contribution < -0.4 is 15.2 Å². The number of benzene rings is 1. The van der Waals surface area contributed by atoms with Crippen LogP contribution in [0.25, 0.3) is 0 Å². The van der Waals surface area contributed by atoms with Crippen molar-refractivity contribution < 1.29 is 9.47 Å². The summed E-state index contributed by atoms with van der Waals surface area (Å²) in [4.78, 5) is 4.94. The molecule has 0 spiro atoms. The first-order chi connectivity index (χ1) is 8.20. The zero-order valence-electron chi connectivity index (χ0n) is 9.14. The van der Waals surface area contributed by atoms with E-state index in [0.717, 1.165) is 9.35 Å². The van der Waals surface area contributed by atoms with Gasteiger partial charge in [-0.15, -0.1) is 0 Å². The van der Waals surface area contributed by atoms with E-state index in [-0.39, 0.29) is 0 Å². The Morgan fingerprint density at radius 3 is 2.94 bits per heavy atom. The highest BCUT2D eigenvalue weighted by molar-refractivity contribution is 9.10. The van der Waals surface area contributed by atoms with Crippen molar-refractivity contribution >= 4 is 32.4 Å². The molecule has 0 saturated carbocycles. The highest BCUT2D eigenvalue weighted by Gasteiger charge is 2.09. The van der Waals surface area contributed by atoms with Crippen molar-refractivity contribution in [2.24, 2.45) is 0 Å². The first-order valence-electron chi connectivity index (χ1n) is 4.86. The molecular formula is C11H11BrN2O2S. The average Bonchev–Trinajstić information content (AvgIpc) is 2.73. The second-order valence-electron chi connectivity index (χ2n) is 3.22. The van der Waals surface area contributed by atoms with Gasteiger partial charge in [0.05, 0.1) is 16.5 Å². The van der Waals surface area contributed by atoms with Gasteiger partial charge in [0.2, 0.25) is 0 Å². The molecule has 1 aromatic heterocycles. The summed E-state index contributed by atoms with van der Waals surface area (Å²) in [5.74, 6) is 1.37. The fourth-order valence-electron chi connectivity index (χ4n) is 1.32. The zero-order valence-corrected chi connectivity index (χ0v) is 11.5. The summed E-state index contributed by atoms with van der Waals surface area (Å²) in [7, 11) is 1.61. The van der Waals surface area contributed by atoms with E-state index in [0.29, 0.717) is 23.2 Å². The molecule has 1 heterocycles.